The lowest BCUT2D eigenvalue weighted by atomic mass is 10.2. The zero-order valence-corrected chi connectivity index (χ0v) is 7.39. The molecule has 0 saturated carbocycles. The van der Waals surface area contributed by atoms with Crippen molar-refractivity contribution in [3.63, 3.8) is 0 Å². The summed E-state index contributed by atoms with van der Waals surface area (Å²) < 4.78 is 10.3. The minimum absolute atomic E-state index is 0.333. The van der Waals surface area contributed by atoms with Crippen molar-refractivity contribution in [2.24, 2.45) is 5.92 Å². The van der Waals surface area contributed by atoms with E-state index in [0.717, 1.165) is 13.2 Å². The number of rotatable bonds is 5. The average molecular weight is 146 g/mol. The molecule has 10 heavy (non-hydrogen) atoms. The van der Waals surface area contributed by atoms with Crippen LogP contribution in [0.15, 0.2) is 0 Å². The third-order valence-electron chi connectivity index (χ3n) is 1.17. The summed E-state index contributed by atoms with van der Waals surface area (Å²) in [6, 6.07) is 0. The van der Waals surface area contributed by atoms with Crippen LogP contribution in [0, 0.1) is 5.92 Å². The Kier molecular flexibility index (Phi) is 5.64. The molecule has 0 radical (unpaired) electrons. The molecule has 0 saturated heterocycles. The van der Waals surface area contributed by atoms with Crippen LogP contribution in [-0.2, 0) is 9.47 Å². The van der Waals surface area contributed by atoms with Crippen molar-refractivity contribution in [2.75, 3.05) is 20.3 Å². The van der Waals surface area contributed by atoms with Crippen molar-refractivity contribution in [1.29, 1.82) is 0 Å². The molecule has 0 N–H and O–H groups in total. The second kappa shape index (κ2) is 5.69. The maximum atomic E-state index is 5.38. The van der Waals surface area contributed by atoms with Crippen LogP contribution < -0.4 is 0 Å². The minimum atomic E-state index is 0.333. The van der Waals surface area contributed by atoms with E-state index >= 15 is 0 Å². The van der Waals surface area contributed by atoms with Crippen molar-refractivity contribution in [1.82, 2.24) is 0 Å². The Bertz CT molecular complexity index is 71.7. The van der Waals surface area contributed by atoms with Crippen molar-refractivity contribution in [3.05, 3.63) is 0 Å². The first-order chi connectivity index (χ1) is 4.66. The number of ether oxygens (including phenoxy) is 2. The quantitative estimate of drug-likeness (QED) is 0.587. The summed E-state index contributed by atoms with van der Waals surface area (Å²) in [5.41, 5.74) is 0. The SMILES string of the molecule is COC[C@@H](C)COC(C)C. The molecule has 2 heteroatoms. The standard InChI is InChI=1S/C8H18O2/c1-7(2)10-6-8(3)5-9-4/h7-8H,5-6H2,1-4H3/t8-/m1/s1. The Labute approximate surface area is 63.5 Å². The fourth-order valence-electron chi connectivity index (χ4n) is 0.689. The zero-order valence-electron chi connectivity index (χ0n) is 7.39. The molecular formula is C8H18O2. The highest BCUT2D eigenvalue weighted by Crippen LogP contribution is 1.98. The van der Waals surface area contributed by atoms with E-state index < -0.39 is 0 Å². The van der Waals surface area contributed by atoms with Gasteiger partial charge in [0, 0.05) is 13.0 Å². The summed E-state index contributed by atoms with van der Waals surface area (Å²) in [6.45, 7) is 7.78. The monoisotopic (exact) mass is 146 g/mol. The summed E-state index contributed by atoms with van der Waals surface area (Å²) in [5, 5.41) is 0. The summed E-state index contributed by atoms with van der Waals surface area (Å²) in [6.07, 6.45) is 0.333. The second-order valence-electron chi connectivity index (χ2n) is 2.94. The van der Waals surface area contributed by atoms with Gasteiger partial charge in [-0.3, -0.25) is 0 Å². The Hall–Kier alpha value is -0.0800. The van der Waals surface area contributed by atoms with E-state index in [2.05, 4.69) is 6.92 Å². The van der Waals surface area contributed by atoms with E-state index in [1.807, 2.05) is 13.8 Å². The Morgan fingerprint density at radius 3 is 2.10 bits per heavy atom. The smallest absolute Gasteiger partial charge is 0.0519 e. The fourth-order valence-corrected chi connectivity index (χ4v) is 0.689. The Balaban J connectivity index is 3.12. The lowest BCUT2D eigenvalue weighted by molar-refractivity contribution is 0.0306. The summed E-state index contributed by atoms with van der Waals surface area (Å²) in [7, 11) is 1.71. The average Bonchev–Trinajstić information content (AvgIpc) is 1.85. The van der Waals surface area contributed by atoms with Gasteiger partial charge in [-0.2, -0.15) is 0 Å². The summed E-state index contributed by atoms with van der Waals surface area (Å²) in [4.78, 5) is 0. The van der Waals surface area contributed by atoms with Crippen molar-refractivity contribution >= 4 is 0 Å². The molecule has 0 amide bonds. The summed E-state index contributed by atoms with van der Waals surface area (Å²) in [5.74, 6) is 0.507. The lowest BCUT2D eigenvalue weighted by Gasteiger charge is -2.12. The molecule has 0 aromatic rings. The predicted molar refractivity (Wildman–Crippen MR) is 42.1 cm³/mol. The van der Waals surface area contributed by atoms with Crippen LogP contribution in [0.4, 0.5) is 0 Å². The van der Waals surface area contributed by atoms with Gasteiger partial charge in [-0.25, -0.2) is 0 Å². The molecule has 0 fully saturated rings. The third-order valence-corrected chi connectivity index (χ3v) is 1.17. The van der Waals surface area contributed by atoms with E-state index in [-0.39, 0.29) is 0 Å². The molecule has 0 aromatic heterocycles. The van der Waals surface area contributed by atoms with Crippen molar-refractivity contribution in [3.8, 4) is 0 Å². The van der Waals surface area contributed by atoms with Crippen molar-refractivity contribution in [2.45, 2.75) is 26.9 Å². The highest BCUT2D eigenvalue weighted by Gasteiger charge is 2.01. The molecule has 2 nitrogen and oxygen atoms in total. The minimum Gasteiger partial charge on any atom is -0.384 e. The third kappa shape index (κ3) is 6.05. The molecule has 0 bridgehead atoms. The van der Waals surface area contributed by atoms with Crippen LogP contribution in [0.3, 0.4) is 0 Å². The van der Waals surface area contributed by atoms with Gasteiger partial charge in [0.15, 0.2) is 0 Å². The van der Waals surface area contributed by atoms with Crippen LogP contribution in [0.5, 0.6) is 0 Å². The maximum Gasteiger partial charge on any atom is 0.0519 e. The highest BCUT2D eigenvalue weighted by atomic mass is 16.5. The largest absolute Gasteiger partial charge is 0.384 e. The van der Waals surface area contributed by atoms with E-state index in [4.69, 9.17) is 9.47 Å². The van der Waals surface area contributed by atoms with Gasteiger partial charge in [0.1, 0.15) is 0 Å². The second-order valence-corrected chi connectivity index (χ2v) is 2.94. The van der Waals surface area contributed by atoms with E-state index in [1.54, 1.807) is 7.11 Å². The molecule has 0 rings (SSSR count). The van der Waals surface area contributed by atoms with Gasteiger partial charge in [0.2, 0.25) is 0 Å². The summed E-state index contributed by atoms with van der Waals surface area (Å²) >= 11 is 0. The highest BCUT2D eigenvalue weighted by molar-refractivity contribution is 4.48. The molecule has 0 aliphatic heterocycles. The normalized spacial score (nSPS) is 14.1. The molecule has 0 unspecified atom stereocenters. The molecule has 0 aliphatic carbocycles. The Morgan fingerprint density at radius 1 is 1.10 bits per heavy atom. The van der Waals surface area contributed by atoms with Gasteiger partial charge >= 0.3 is 0 Å². The molecule has 1 atom stereocenters. The first kappa shape index (κ1) is 9.92. The van der Waals surface area contributed by atoms with E-state index in [0.29, 0.717) is 12.0 Å². The van der Waals surface area contributed by atoms with E-state index in [1.165, 1.54) is 0 Å². The van der Waals surface area contributed by atoms with Gasteiger partial charge in [0.05, 0.1) is 19.3 Å². The van der Waals surface area contributed by atoms with E-state index in [9.17, 15) is 0 Å². The van der Waals surface area contributed by atoms with Gasteiger partial charge in [-0.15, -0.1) is 0 Å². The van der Waals surface area contributed by atoms with Crippen LogP contribution in [0.25, 0.3) is 0 Å². The molecule has 0 aromatic carbocycles. The first-order valence-corrected chi connectivity index (χ1v) is 3.77. The lowest BCUT2D eigenvalue weighted by Crippen LogP contribution is -2.14. The molecular weight excluding hydrogens is 128 g/mol. The van der Waals surface area contributed by atoms with Gasteiger partial charge in [-0.1, -0.05) is 6.92 Å². The van der Waals surface area contributed by atoms with Crippen LogP contribution >= 0.6 is 0 Å². The van der Waals surface area contributed by atoms with Crippen LogP contribution in [-0.4, -0.2) is 26.4 Å². The van der Waals surface area contributed by atoms with Crippen LogP contribution in [0.2, 0.25) is 0 Å². The molecule has 62 valence electrons. The first-order valence-electron chi connectivity index (χ1n) is 3.77. The van der Waals surface area contributed by atoms with Gasteiger partial charge in [0.25, 0.3) is 0 Å². The number of hydrogen-bond acceptors (Lipinski definition) is 2. The van der Waals surface area contributed by atoms with Crippen molar-refractivity contribution < 1.29 is 9.47 Å². The molecule has 0 heterocycles. The Morgan fingerprint density at radius 2 is 1.70 bits per heavy atom. The van der Waals surface area contributed by atoms with Gasteiger partial charge in [-0.05, 0) is 13.8 Å². The maximum absolute atomic E-state index is 5.38. The zero-order chi connectivity index (χ0) is 7.98. The molecule has 0 spiro atoms. The van der Waals surface area contributed by atoms with Gasteiger partial charge < -0.3 is 9.47 Å². The molecule has 0 aliphatic rings. The topological polar surface area (TPSA) is 18.5 Å². The number of hydrogen-bond donors (Lipinski definition) is 0. The fraction of sp³-hybridized carbons (Fsp3) is 1.00. The number of methoxy groups -OCH3 is 1. The van der Waals surface area contributed by atoms with Crippen LogP contribution in [0.1, 0.15) is 20.8 Å². The predicted octanol–water partition coefficient (Wildman–Crippen LogP) is 1.69.